The highest BCUT2D eigenvalue weighted by Crippen LogP contribution is 2.39. The Morgan fingerprint density at radius 3 is 2.61 bits per heavy atom. The minimum atomic E-state index is -0.856. The summed E-state index contributed by atoms with van der Waals surface area (Å²) < 4.78 is 33.8. The van der Waals surface area contributed by atoms with E-state index in [1.165, 1.54) is 25.8 Å². The van der Waals surface area contributed by atoms with Gasteiger partial charge in [-0.2, -0.15) is 5.10 Å². The van der Waals surface area contributed by atoms with Crippen molar-refractivity contribution < 1.29 is 23.4 Å². The van der Waals surface area contributed by atoms with Crippen LogP contribution in [0.5, 0.6) is 23.0 Å². The first-order chi connectivity index (χ1) is 21.3. The Bertz CT molecular complexity index is 1890. The van der Waals surface area contributed by atoms with E-state index in [1.807, 2.05) is 37.1 Å². The molecule has 0 radical (unpaired) electrons. The summed E-state index contributed by atoms with van der Waals surface area (Å²) in [5.74, 6) is 0.751. The van der Waals surface area contributed by atoms with Crippen LogP contribution in [0.1, 0.15) is 18.4 Å². The molecule has 1 aliphatic heterocycles. The first-order valence-electron chi connectivity index (χ1n) is 14.0. The number of likely N-dealkylation sites (N-methyl/N-ethyl adjacent to an activating group) is 1. The van der Waals surface area contributed by atoms with Gasteiger partial charge < -0.3 is 24.8 Å². The summed E-state index contributed by atoms with van der Waals surface area (Å²) in [6.45, 7) is 2.78. The van der Waals surface area contributed by atoms with Gasteiger partial charge in [0.1, 0.15) is 41.5 Å². The van der Waals surface area contributed by atoms with Crippen LogP contribution in [0.4, 0.5) is 21.6 Å². The van der Waals surface area contributed by atoms with E-state index in [0.29, 0.717) is 51.1 Å². The molecule has 1 aliphatic rings. The molecule has 44 heavy (non-hydrogen) atoms. The highest BCUT2D eigenvalue weighted by Gasteiger charge is 2.22. The third kappa shape index (κ3) is 5.81. The SMILES string of the molecule is COc1cc2ncnc(Nc3cc(C)c(Oc4ccc5ncnn5c4)cc3OC)c2cc1NC(=O)C(F)=CC1CCCN1C. The number of hydrogen-bond donors (Lipinski definition) is 2. The molecule has 0 spiro atoms. The average molecular weight is 599 g/mol. The molecule has 226 valence electrons. The van der Waals surface area contributed by atoms with Crippen LogP contribution >= 0.6 is 0 Å². The van der Waals surface area contributed by atoms with E-state index >= 15 is 0 Å². The zero-order valence-electron chi connectivity index (χ0n) is 24.7. The quantitative estimate of drug-likeness (QED) is 0.212. The summed E-state index contributed by atoms with van der Waals surface area (Å²) in [4.78, 5) is 27.8. The third-order valence-corrected chi connectivity index (χ3v) is 7.56. The molecule has 3 aromatic heterocycles. The van der Waals surface area contributed by atoms with Gasteiger partial charge in [0.05, 0.1) is 37.3 Å². The van der Waals surface area contributed by atoms with Crippen molar-refractivity contribution in [2.45, 2.75) is 25.8 Å². The van der Waals surface area contributed by atoms with Gasteiger partial charge in [-0.25, -0.2) is 23.9 Å². The number of pyridine rings is 1. The first-order valence-corrected chi connectivity index (χ1v) is 14.0. The van der Waals surface area contributed by atoms with Gasteiger partial charge in [0.15, 0.2) is 11.5 Å². The number of methoxy groups -OCH3 is 2. The highest BCUT2D eigenvalue weighted by atomic mass is 19.1. The maximum Gasteiger partial charge on any atom is 0.284 e. The predicted molar refractivity (Wildman–Crippen MR) is 164 cm³/mol. The van der Waals surface area contributed by atoms with Gasteiger partial charge >= 0.3 is 0 Å². The molecule has 1 unspecified atom stereocenters. The minimum absolute atomic E-state index is 0.115. The van der Waals surface area contributed by atoms with Crippen LogP contribution in [0.3, 0.4) is 0 Å². The van der Waals surface area contributed by atoms with Gasteiger partial charge in [0, 0.05) is 23.6 Å². The van der Waals surface area contributed by atoms with E-state index in [-0.39, 0.29) is 11.7 Å². The van der Waals surface area contributed by atoms with E-state index in [1.54, 1.807) is 36.0 Å². The number of benzene rings is 2. The molecule has 1 fully saturated rings. The lowest BCUT2D eigenvalue weighted by Gasteiger charge is -2.17. The summed E-state index contributed by atoms with van der Waals surface area (Å²) in [6.07, 6.45) is 7.76. The smallest absolute Gasteiger partial charge is 0.284 e. The Morgan fingerprint density at radius 2 is 1.84 bits per heavy atom. The second-order valence-corrected chi connectivity index (χ2v) is 10.4. The number of aryl methyl sites for hydroxylation is 1. The number of hydrogen-bond acceptors (Lipinski definition) is 10. The zero-order chi connectivity index (χ0) is 30.8. The largest absolute Gasteiger partial charge is 0.494 e. The van der Waals surface area contributed by atoms with E-state index in [4.69, 9.17) is 14.2 Å². The number of rotatable bonds is 9. The second kappa shape index (κ2) is 12.1. The Morgan fingerprint density at radius 1 is 1.02 bits per heavy atom. The van der Waals surface area contributed by atoms with Crippen LogP contribution in [-0.4, -0.2) is 69.2 Å². The summed E-state index contributed by atoms with van der Waals surface area (Å²) in [7, 11) is 4.94. The molecule has 13 heteroatoms. The lowest BCUT2D eigenvalue weighted by atomic mass is 10.1. The van der Waals surface area contributed by atoms with Crippen LogP contribution in [0, 0.1) is 6.92 Å². The minimum Gasteiger partial charge on any atom is -0.494 e. The molecule has 6 rings (SSSR count). The molecule has 1 atom stereocenters. The molecule has 0 aliphatic carbocycles. The molecular weight excluding hydrogens is 567 g/mol. The van der Waals surface area contributed by atoms with Crippen molar-refractivity contribution in [2.24, 2.45) is 0 Å². The molecule has 12 nitrogen and oxygen atoms in total. The van der Waals surface area contributed by atoms with Crippen LogP contribution < -0.4 is 24.8 Å². The van der Waals surface area contributed by atoms with Crippen LogP contribution in [0.15, 0.2) is 67.2 Å². The average Bonchev–Trinajstić information content (AvgIpc) is 3.66. The standard InChI is InChI=1S/C31H31FN8O4/c1-18-10-24(28(43-4)14-26(18)44-20-7-8-29-34-17-36-40(29)15-20)37-30-21-12-25(27(42-3)13-23(21)33-16-35-30)38-31(41)22(32)11-19-6-5-9-39(19)2/h7-8,10-17,19H,5-6,9H2,1-4H3,(H,38,41)(H,33,35,37). The maximum absolute atomic E-state index is 14.9. The van der Waals surface area contributed by atoms with Gasteiger partial charge in [0.25, 0.3) is 5.91 Å². The van der Waals surface area contributed by atoms with Crippen molar-refractivity contribution in [1.82, 2.24) is 29.5 Å². The van der Waals surface area contributed by atoms with Crippen molar-refractivity contribution >= 4 is 39.6 Å². The number of amides is 1. The molecule has 2 aromatic carbocycles. The fraction of sp³-hybridized carbons (Fsp3) is 0.258. The van der Waals surface area contributed by atoms with E-state index in [9.17, 15) is 9.18 Å². The van der Waals surface area contributed by atoms with E-state index in [2.05, 4.69) is 30.7 Å². The van der Waals surface area contributed by atoms with Crippen molar-refractivity contribution in [3.63, 3.8) is 0 Å². The molecular formula is C31H31FN8O4. The zero-order valence-corrected chi connectivity index (χ0v) is 24.7. The molecule has 0 bridgehead atoms. The number of carbonyl (C=O) groups is 1. The molecule has 5 aromatic rings. The van der Waals surface area contributed by atoms with Gasteiger partial charge in [-0.05, 0) is 69.3 Å². The first kappa shape index (κ1) is 28.8. The summed E-state index contributed by atoms with van der Waals surface area (Å²) in [5.41, 5.74) is 3.00. The Hall–Kier alpha value is -5.30. The fourth-order valence-electron chi connectivity index (χ4n) is 5.18. The third-order valence-electron chi connectivity index (χ3n) is 7.56. The maximum atomic E-state index is 14.9. The lowest BCUT2D eigenvalue weighted by Crippen LogP contribution is -2.24. The second-order valence-electron chi connectivity index (χ2n) is 10.4. The Kier molecular flexibility index (Phi) is 7.94. The summed E-state index contributed by atoms with van der Waals surface area (Å²) in [6, 6.07) is 10.5. The summed E-state index contributed by atoms with van der Waals surface area (Å²) >= 11 is 0. The van der Waals surface area contributed by atoms with Gasteiger partial charge in [-0.15, -0.1) is 0 Å². The topological polar surface area (TPSA) is 128 Å². The van der Waals surface area contributed by atoms with Crippen LogP contribution in [-0.2, 0) is 4.79 Å². The number of likely N-dealkylation sites (tertiary alicyclic amines) is 1. The number of nitrogens with zero attached hydrogens (tertiary/aromatic N) is 6. The van der Waals surface area contributed by atoms with Crippen LogP contribution in [0.25, 0.3) is 16.6 Å². The summed E-state index contributed by atoms with van der Waals surface area (Å²) in [5, 5.41) is 10.7. The predicted octanol–water partition coefficient (Wildman–Crippen LogP) is 5.42. The van der Waals surface area contributed by atoms with Crippen molar-refractivity contribution in [3.8, 4) is 23.0 Å². The molecule has 2 N–H and O–H groups in total. The van der Waals surface area contributed by atoms with E-state index in [0.717, 1.165) is 24.9 Å². The monoisotopic (exact) mass is 598 g/mol. The number of nitrogens with one attached hydrogen (secondary N) is 2. The number of ether oxygens (including phenoxy) is 3. The highest BCUT2D eigenvalue weighted by molar-refractivity contribution is 6.05. The van der Waals surface area contributed by atoms with Crippen molar-refractivity contribution in [3.05, 3.63) is 72.7 Å². The number of fused-ring (bicyclic) bond motifs is 2. The van der Waals surface area contributed by atoms with Crippen molar-refractivity contribution in [2.75, 3.05) is 38.4 Å². The van der Waals surface area contributed by atoms with Gasteiger partial charge in [-0.1, -0.05) is 0 Å². The molecule has 1 amide bonds. The number of halogens is 1. The number of aromatic nitrogens is 5. The fourth-order valence-corrected chi connectivity index (χ4v) is 5.18. The molecule has 1 saturated heterocycles. The Balaban J connectivity index is 1.28. The molecule has 4 heterocycles. The normalized spacial score (nSPS) is 15.5. The van der Waals surface area contributed by atoms with Gasteiger partial charge in [0.2, 0.25) is 0 Å². The number of anilines is 3. The van der Waals surface area contributed by atoms with E-state index < -0.39 is 11.7 Å². The van der Waals surface area contributed by atoms with Crippen molar-refractivity contribution in [1.29, 1.82) is 0 Å². The Labute approximate surface area is 252 Å². The molecule has 0 saturated carbocycles. The van der Waals surface area contributed by atoms with Gasteiger partial charge in [-0.3, -0.25) is 9.69 Å². The number of carbonyl (C=O) groups excluding carboxylic acids is 1. The van der Waals surface area contributed by atoms with Crippen LogP contribution in [0.2, 0.25) is 0 Å². The lowest BCUT2D eigenvalue weighted by molar-refractivity contribution is -0.114.